The highest BCUT2D eigenvalue weighted by atomic mass is 32.1. The van der Waals surface area contributed by atoms with Crippen molar-refractivity contribution in [1.82, 2.24) is 25.1 Å². The minimum absolute atomic E-state index is 0.0951. The number of rotatable bonds is 4. The van der Waals surface area contributed by atoms with E-state index in [9.17, 15) is 9.59 Å². The molecule has 1 fully saturated rings. The lowest BCUT2D eigenvalue weighted by Gasteiger charge is -2.20. The molecular weight excluding hydrogens is 294 g/mol. The maximum Gasteiger partial charge on any atom is 0.326 e. The molecule has 2 aromatic rings. The van der Waals surface area contributed by atoms with Crippen molar-refractivity contribution in [2.24, 2.45) is 0 Å². The number of nitrogens with zero attached hydrogens (tertiary/aromatic N) is 5. The van der Waals surface area contributed by atoms with Crippen LogP contribution in [0.1, 0.15) is 12.8 Å². The van der Waals surface area contributed by atoms with Gasteiger partial charge in [0.2, 0.25) is 11.7 Å². The number of hydrogen-bond donors (Lipinski definition) is 1. The Bertz CT molecular complexity index is 654. The van der Waals surface area contributed by atoms with Gasteiger partial charge in [0, 0.05) is 6.54 Å². The van der Waals surface area contributed by atoms with Gasteiger partial charge in [0.15, 0.2) is 0 Å². The zero-order valence-corrected chi connectivity index (χ0v) is 11.9. The molecule has 3 rings (SSSR count). The first-order valence-corrected chi connectivity index (χ1v) is 7.37. The molecule has 110 valence electrons. The summed E-state index contributed by atoms with van der Waals surface area (Å²) in [4.78, 5) is 26.7. The fraction of sp³-hybridized carbons (Fsp3) is 0.417. The monoisotopic (exact) mass is 307 g/mol. The molecule has 0 radical (unpaired) electrons. The van der Waals surface area contributed by atoms with Crippen molar-refractivity contribution in [3.8, 4) is 10.7 Å². The number of carboxylic acid groups (broad SMARTS) is 1. The number of carbonyl (C=O) groups excluding carboxylic acids is 1. The molecule has 0 aliphatic carbocycles. The molecule has 0 aromatic carbocycles. The minimum Gasteiger partial charge on any atom is -0.480 e. The second-order valence-corrected chi connectivity index (χ2v) is 5.65. The first kappa shape index (κ1) is 13.7. The second kappa shape index (κ2) is 5.60. The Morgan fingerprint density at radius 2 is 2.33 bits per heavy atom. The largest absolute Gasteiger partial charge is 0.480 e. The van der Waals surface area contributed by atoms with Crippen LogP contribution in [-0.2, 0) is 16.1 Å². The summed E-state index contributed by atoms with van der Waals surface area (Å²) in [5, 5.41) is 22.9. The van der Waals surface area contributed by atoms with Crippen LogP contribution >= 0.6 is 11.3 Å². The number of tetrazole rings is 1. The first-order chi connectivity index (χ1) is 10.1. The van der Waals surface area contributed by atoms with E-state index in [1.807, 2.05) is 17.5 Å². The van der Waals surface area contributed by atoms with Gasteiger partial charge < -0.3 is 10.0 Å². The normalized spacial score (nSPS) is 18.1. The summed E-state index contributed by atoms with van der Waals surface area (Å²) in [6.45, 7) is 0.366. The highest BCUT2D eigenvalue weighted by molar-refractivity contribution is 7.13. The molecule has 0 bridgehead atoms. The van der Waals surface area contributed by atoms with Crippen LogP contribution < -0.4 is 0 Å². The first-order valence-electron chi connectivity index (χ1n) is 6.49. The predicted octanol–water partition coefficient (Wildman–Crippen LogP) is 0.477. The standard InChI is InChI=1S/C12H13N5O3S/c18-10(16-5-1-3-8(16)12(19)20)7-17-14-11(13-15-17)9-4-2-6-21-9/h2,4,6,8H,1,3,5,7H2,(H,19,20)/t8-/m0/s1. The molecule has 21 heavy (non-hydrogen) atoms. The fourth-order valence-corrected chi connectivity index (χ4v) is 3.00. The molecule has 1 atom stereocenters. The zero-order chi connectivity index (χ0) is 14.8. The highest BCUT2D eigenvalue weighted by Crippen LogP contribution is 2.20. The summed E-state index contributed by atoms with van der Waals surface area (Å²) < 4.78 is 0. The van der Waals surface area contributed by atoms with Gasteiger partial charge in [-0.05, 0) is 29.5 Å². The average molecular weight is 307 g/mol. The van der Waals surface area contributed by atoms with Gasteiger partial charge in [0.05, 0.1) is 4.88 Å². The summed E-state index contributed by atoms with van der Waals surface area (Å²) in [5.41, 5.74) is 0. The zero-order valence-electron chi connectivity index (χ0n) is 11.0. The maximum atomic E-state index is 12.2. The van der Waals surface area contributed by atoms with Gasteiger partial charge in [-0.1, -0.05) is 6.07 Å². The molecule has 2 aromatic heterocycles. The van der Waals surface area contributed by atoms with Crippen LogP contribution in [0.4, 0.5) is 0 Å². The number of carbonyl (C=O) groups is 2. The molecule has 1 aliphatic heterocycles. The Labute approximate surface area is 124 Å². The molecule has 0 spiro atoms. The van der Waals surface area contributed by atoms with Crippen LogP contribution in [0.2, 0.25) is 0 Å². The Kier molecular flexibility index (Phi) is 3.65. The van der Waals surface area contributed by atoms with Crippen molar-refractivity contribution >= 4 is 23.2 Å². The van der Waals surface area contributed by atoms with Gasteiger partial charge in [-0.25, -0.2) is 4.79 Å². The molecule has 1 amide bonds. The van der Waals surface area contributed by atoms with Crippen LogP contribution in [0.25, 0.3) is 10.7 Å². The summed E-state index contributed by atoms with van der Waals surface area (Å²) in [5.74, 6) is -0.796. The molecule has 1 aliphatic rings. The van der Waals surface area contributed by atoms with E-state index in [-0.39, 0.29) is 12.5 Å². The van der Waals surface area contributed by atoms with E-state index >= 15 is 0 Å². The number of hydrogen-bond acceptors (Lipinski definition) is 6. The predicted molar refractivity (Wildman–Crippen MR) is 73.5 cm³/mol. The van der Waals surface area contributed by atoms with Crippen molar-refractivity contribution < 1.29 is 14.7 Å². The van der Waals surface area contributed by atoms with E-state index in [1.54, 1.807) is 0 Å². The summed E-state index contributed by atoms with van der Waals surface area (Å²) in [7, 11) is 0. The van der Waals surface area contributed by atoms with Crippen molar-refractivity contribution in [3.63, 3.8) is 0 Å². The third-order valence-electron chi connectivity index (χ3n) is 3.33. The number of likely N-dealkylation sites (tertiary alicyclic amines) is 1. The lowest BCUT2D eigenvalue weighted by atomic mass is 10.2. The van der Waals surface area contributed by atoms with Gasteiger partial charge in [0.1, 0.15) is 12.6 Å². The number of aliphatic carboxylic acids is 1. The van der Waals surface area contributed by atoms with E-state index in [1.165, 1.54) is 21.0 Å². The van der Waals surface area contributed by atoms with E-state index in [0.717, 1.165) is 4.88 Å². The van der Waals surface area contributed by atoms with Gasteiger partial charge in [-0.3, -0.25) is 4.79 Å². The Morgan fingerprint density at radius 1 is 1.48 bits per heavy atom. The molecule has 1 saturated heterocycles. The molecule has 0 saturated carbocycles. The molecule has 9 heteroatoms. The van der Waals surface area contributed by atoms with Gasteiger partial charge in [0.25, 0.3) is 0 Å². The van der Waals surface area contributed by atoms with Crippen LogP contribution in [0.3, 0.4) is 0 Å². The van der Waals surface area contributed by atoms with E-state index in [4.69, 9.17) is 5.11 Å². The second-order valence-electron chi connectivity index (χ2n) is 4.70. The average Bonchev–Trinajstić information content (AvgIpc) is 3.19. The van der Waals surface area contributed by atoms with E-state index in [2.05, 4.69) is 15.4 Å². The van der Waals surface area contributed by atoms with E-state index in [0.29, 0.717) is 25.2 Å². The number of carboxylic acids is 1. The maximum absolute atomic E-state index is 12.2. The molecule has 3 heterocycles. The third-order valence-corrected chi connectivity index (χ3v) is 4.20. The van der Waals surface area contributed by atoms with Gasteiger partial charge in [-0.15, -0.1) is 21.5 Å². The molecule has 0 unspecified atom stereocenters. The van der Waals surface area contributed by atoms with Crippen LogP contribution in [0, 0.1) is 0 Å². The Morgan fingerprint density at radius 3 is 3.05 bits per heavy atom. The van der Waals surface area contributed by atoms with Crippen LogP contribution in [0.5, 0.6) is 0 Å². The van der Waals surface area contributed by atoms with Crippen molar-refractivity contribution in [1.29, 1.82) is 0 Å². The number of thiophene rings is 1. The van der Waals surface area contributed by atoms with Crippen molar-refractivity contribution in [2.45, 2.75) is 25.4 Å². The Balaban J connectivity index is 1.69. The van der Waals surface area contributed by atoms with Crippen molar-refractivity contribution in [3.05, 3.63) is 17.5 Å². The number of aromatic nitrogens is 4. The Hall–Kier alpha value is -2.29. The SMILES string of the molecule is O=C(O)[C@@H]1CCCN1C(=O)Cn1nnc(-c2cccs2)n1. The van der Waals surface area contributed by atoms with Gasteiger partial charge >= 0.3 is 5.97 Å². The number of amides is 1. The van der Waals surface area contributed by atoms with Crippen molar-refractivity contribution in [2.75, 3.05) is 6.54 Å². The third kappa shape index (κ3) is 2.77. The summed E-state index contributed by atoms with van der Waals surface area (Å²) >= 11 is 1.49. The summed E-state index contributed by atoms with van der Waals surface area (Å²) in [6.07, 6.45) is 1.19. The quantitative estimate of drug-likeness (QED) is 0.881. The molecule has 8 nitrogen and oxygen atoms in total. The topological polar surface area (TPSA) is 101 Å². The molecule has 1 N–H and O–H groups in total. The highest BCUT2D eigenvalue weighted by Gasteiger charge is 2.34. The lowest BCUT2D eigenvalue weighted by molar-refractivity contribution is -0.148. The van der Waals surface area contributed by atoms with Crippen LogP contribution in [-0.4, -0.2) is 54.7 Å². The fourth-order valence-electron chi connectivity index (χ4n) is 2.35. The van der Waals surface area contributed by atoms with Gasteiger partial charge in [-0.2, -0.15) is 4.80 Å². The summed E-state index contributed by atoms with van der Waals surface area (Å²) in [6, 6.07) is 3.01. The van der Waals surface area contributed by atoms with Crippen LogP contribution in [0.15, 0.2) is 17.5 Å². The smallest absolute Gasteiger partial charge is 0.326 e. The molecular formula is C12H13N5O3S. The lowest BCUT2D eigenvalue weighted by Crippen LogP contribution is -2.42. The van der Waals surface area contributed by atoms with E-state index < -0.39 is 12.0 Å². The minimum atomic E-state index is -0.966.